The van der Waals surface area contributed by atoms with Crippen molar-refractivity contribution in [2.45, 2.75) is 19.4 Å². The molecular formula is C10H14BrNO2. The van der Waals surface area contributed by atoms with Gasteiger partial charge in [0, 0.05) is 0 Å². The van der Waals surface area contributed by atoms with Crippen molar-refractivity contribution in [2.24, 2.45) is 5.90 Å². The van der Waals surface area contributed by atoms with Crippen LogP contribution in [0, 0.1) is 0 Å². The lowest BCUT2D eigenvalue weighted by Crippen LogP contribution is -2.25. The molecule has 1 aromatic rings. The normalized spacial score (nSPS) is 11.5. The van der Waals surface area contributed by atoms with Gasteiger partial charge in [0.15, 0.2) is 0 Å². The lowest BCUT2D eigenvalue weighted by Gasteiger charge is -2.22. The van der Waals surface area contributed by atoms with Crippen molar-refractivity contribution >= 4 is 15.9 Å². The lowest BCUT2D eigenvalue weighted by atomic mass is 9.98. The van der Waals surface area contributed by atoms with Crippen molar-refractivity contribution in [3.63, 3.8) is 0 Å². The molecule has 0 saturated carbocycles. The van der Waals surface area contributed by atoms with Gasteiger partial charge < -0.3 is 4.74 Å². The minimum absolute atomic E-state index is 0.506. The average molecular weight is 260 g/mol. The maximum atomic E-state index is 5.22. The molecular weight excluding hydrogens is 246 g/mol. The largest absolute Gasteiger partial charge is 0.496 e. The van der Waals surface area contributed by atoms with E-state index in [2.05, 4.69) is 15.9 Å². The van der Waals surface area contributed by atoms with Gasteiger partial charge in [-0.25, -0.2) is 5.90 Å². The monoisotopic (exact) mass is 259 g/mol. The van der Waals surface area contributed by atoms with E-state index < -0.39 is 5.60 Å². The summed E-state index contributed by atoms with van der Waals surface area (Å²) < 4.78 is 6.10. The Morgan fingerprint density at radius 3 is 2.50 bits per heavy atom. The van der Waals surface area contributed by atoms with Crippen molar-refractivity contribution in [3.05, 3.63) is 28.2 Å². The molecule has 0 aliphatic heterocycles. The standard InChI is InChI=1S/C10H14BrNO2/c1-10(2,14-12)7-4-5-8(11)9(6-7)13-3/h4-6H,12H2,1-3H3. The first-order chi connectivity index (χ1) is 6.51. The van der Waals surface area contributed by atoms with Crippen LogP contribution >= 0.6 is 15.9 Å². The van der Waals surface area contributed by atoms with E-state index in [0.717, 1.165) is 15.8 Å². The number of halogens is 1. The molecule has 2 N–H and O–H groups in total. The highest BCUT2D eigenvalue weighted by molar-refractivity contribution is 9.10. The second-order valence-electron chi connectivity index (χ2n) is 3.48. The molecule has 1 aromatic carbocycles. The Hall–Kier alpha value is -0.580. The van der Waals surface area contributed by atoms with Crippen LogP contribution in [0.1, 0.15) is 19.4 Å². The first-order valence-corrected chi connectivity index (χ1v) is 5.02. The molecule has 0 fully saturated rings. The quantitative estimate of drug-likeness (QED) is 0.849. The molecule has 0 unspecified atom stereocenters. The highest BCUT2D eigenvalue weighted by Crippen LogP contribution is 2.31. The van der Waals surface area contributed by atoms with Crippen LogP contribution in [0.4, 0.5) is 0 Å². The predicted octanol–water partition coefficient (Wildman–Crippen LogP) is 2.58. The lowest BCUT2D eigenvalue weighted by molar-refractivity contribution is -0.0237. The molecule has 0 spiro atoms. The Bertz CT molecular complexity index is 326. The van der Waals surface area contributed by atoms with E-state index in [9.17, 15) is 0 Å². The van der Waals surface area contributed by atoms with E-state index in [1.807, 2.05) is 32.0 Å². The Kier molecular flexibility index (Phi) is 3.53. The van der Waals surface area contributed by atoms with Crippen molar-refractivity contribution in [3.8, 4) is 5.75 Å². The Balaban J connectivity index is 3.12. The number of benzene rings is 1. The van der Waals surface area contributed by atoms with Crippen molar-refractivity contribution in [1.82, 2.24) is 0 Å². The van der Waals surface area contributed by atoms with Gasteiger partial charge in [-0.1, -0.05) is 6.07 Å². The highest BCUT2D eigenvalue weighted by atomic mass is 79.9. The number of methoxy groups -OCH3 is 1. The van der Waals surface area contributed by atoms with Gasteiger partial charge in [0.25, 0.3) is 0 Å². The van der Waals surface area contributed by atoms with Crippen molar-refractivity contribution < 1.29 is 9.57 Å². The molecule has 4 heteroatoms. The molecule has 14 heavy (non-hydrogen) atoms. The molecule has 1 rings (SSSR count). The molecule has 0 saturated heterocycles. The number of hydrogen-bond donors (Lipinski definition) is 1. The average Bonchev–Trinajstić information content (AvgIpc) is 2.18. The van der Waals surface area contributed by atoms with Gasteiger partial charge in [0.2, 0.25) is 0 Å². The third-order valence-electron chi connectivity index (χ3n) is 2.14. The fraction of sp³-hybridized carbons (Fsp3) is 0.400. The summed E-state index contributed by atoms with van der Waals surface area (Å²) >= 11 is 3.38. The molecule has 0 heterocycles. The van der Waals surface area contributed by atoms with E-state index in [1.165, 1.54) is 0 Å². The van der Waals surface area contributed by atoms with Crippen LogP contribution in [0.5, 0.6) is 5.75 Å². The Morgan fingerprint density at radius 1 is 1.36 bits per heavy atom. The number of hydrogen-bond acceptors (Lipinski definition) is 3. The van der Waals surface area contributed by atoms with Crippen LogP contribution in [-0.4, -0.2) is 7.11 Å². The van der Waals surface area contributed by atoms with Gasteiger partial charge >= 0.3 is 0 Å². The third-order valence-corrected chi connectivity index (χ3v) is 2.80. The number of ether oxygens (including phenoxy) is 1. The molecule has 0 aliphatic carbocycles. The van der Waals surface area contributed by atoms with Crippen LogP contribution in [0.3, 0.4) is 0 Å². The van der Waals surface area contributed by atoms with E-state index >= 15 is 0 Å². The zero-order valence-corrected chi connectivity index (χ0v) is 10.1. The summed E-state index contributed by atoms with van der Waals surface area (Å²) in [6.07, 6.45) is 0. The predicted molar refractivity (Wildman–Crippen MR) is 59.0 cm³/mol. The maximum absolute atomic E-state index is 5.22. The molecule has 0 radical (unpaired) electrons. The summed E-state index contributed by atoms with van der Waals surface area (Å²) in [6.45, 7) is 3.80. The first kappa shape index (κ1) is 11.5. The second kappa shape index (κ2) is 4.29. The van der Waals surface area contributed by atoms with Crippen molar-refractivity contribution in [2.75, 3.05) is 7.11 Å². The molecule has 0 aliphatic rings. The molecule has 0 bridgehead atoms. The van der Waals surface area contributed by atoms with Crippen LogP contribution < -0.4 is 10.6 Å². The molecule has 3 nitrogen and oxygen atoms in total. The van der Waals surface area contributed by atoms with Crippen LogP contribution in [0.25, 0.3) is 0 Å². The second-order valence-corrected chi connectivity index (χ2v) is 4.33. The molecule has 78 valence electrons. The van der Waals surface area contributed by atoms with Gasteiger partial charge in [-0.05, 0) is 47.5 Å². The minimum atomic E-state index is -0.506. The first-order valence-electron chi connectivity index (χ1n) is 4.23. The zero-order chi connectivity index (χ0) is 10.8. The van der Waals surface area contributed by atoms with E-state index in [0.29, 0.717) is 0 Å². The van der Waals surface area contributed by atoms with Gasteiger partial charge in [-0.15, -0.1) is 0 Å². The summed E-state index contributed by atoms with van der Waals surface area (Å²) in [5, 5.41) is 0. The van der Waals surface area contributed by atoms with Gasteiger partial charge in [-0.3, -0.25) is 4.84 Å². The van der Waals surface area contributed by atoms with Crippen LogP contribution in [0.15, 0.2) is 22.7 Å². The van der Waals surface area contributed by atoms with E-state index in [4.69, 9.17) is 15.5 Å². The van der Waals surface area contributed by atoms with E-state index in [1.54, 1.807) is 7.11 Å². The van der Waals surface area contributed by atoms with Crippen LogP contribution in [0.2, 0.25) is 0 Å². The highest BCUT2D eigenvalue weighted by Gasteiger charge is 2.21. The Morgan fingerprint density at radius 2 is 2.00 bits per heavy atom. The summed E-state index contributed by atoms with van der Waals surface area (Å²) in [7, 11) is 1.63. The number of rotatable bonds is 3. The summed E-state index contributed by atoms with van der Waals surface area (Å²) in [5.74, 6) is 5.99. The minimum Gasteiger partial charge on any atom is -0.496 e. The van der Waals surface area contributed by atoms with Gasteiger partial charge in [0.1, 0.15) is 11.4 Å². The van der Waals surface area contributed by atoms with Gasteiger partial charge in [0.05, 0.1) is 11.6 Å². The fourth-order valence-corrected chi connectivity index (χ4v) is 1.51. The maximum Gasteiger partial charge on any atom is 0.133 e. The van der Waals surface area contributed by atoms with Crippen molar-refractivity contribution in [1.29, 1.82) is 0 Å². The molecule has 0 atom stereocenters. The van der Waals surface area contributed by atoms with E-state index in [-0.39, 0.29) is 0 Å². The fourth-order valence-electron chi connectivity index (χ4n) is 1.10. The van der Waals surface area contributed by atoms with Gasteiger partial charge in [-0.2, -0.15) is 0 Å². The Labute approximate surface area is 92.3 Å². The summed E-state index contributed by atoms with van der Waals surface area (Å²) in [6, 6.07) is 5.76. The smallest absolute Gasteiger partial charge is 0.133 e. The molecule has 0 aromatic heterocycles. The zero-order valence-electron chi connectivity index (χ0n) is 8.50. The molecule has 0 amide bonds. The summed E-state index contributed by atoms with van der Waals surface area (Å²) in [5.41, 5.74) is 0.466. The number of nitrogens with two attached hydrogens (primary N) is 1. The topological polar surface area (TPSA) is 44.5 Å². The SMILES string of the molecule is COc1cc(C(C)(C)ON)ccc1Br. The third kappa shape index (κ3) is 2.26. The van der Waals surface area contributed by atoms with Crippen LogP contribution in [-0.2, 0) is 10.4 Å². The summed E-state index contributed by atoms with van der Waals surface area (Å²) in [4.78, 5) is 4.89.